The van der Waals surface area contributed by atoms with Gasteiger partial charge in [-0.3, -0.25) is 0 Å². The van der Waals surface area contributed by atoms with Crippen LogP contribution in [0.25, 0.3) is 0 Å². The maximum absolute atomic E-state index is 3.47. The molecule has 0 spiro atoms. The summed E-state index contributed by atoms with van der Waals surface area (Å²) in [5, 5.41) is 3.47. The van der Waals surface area contributed by atoms with E-state index in [0.717, 1.165) is 23.9 Å². The van der Waals surface area contributed by atoms with Crippen LogP contribution >= 0.6 is 0 Å². The van der Waals surface area contributed by atoms with Crippen molar-refractivity contribution in [3.8, 4) is 0 Å². The monoisotopic (exact) mass is 95.1 g/mol. The summed E-state index contributed by atoms with van der Waals surface area (Å²) in [5.41, 5.74) is 0. The summed E-state index contributed by atoms with van der Waals surface area (Å²) in [6.07, 6.45) is 3.05. The second-order valence-electron chi connectivity index (χ2n) is 3.12. The lowest BCUT2D eigenvalue weighted by molar-refractivity contribution is 0.105. The Bertz CT molecular complexity index is 107. The Morgan fingerprint density at radius 2 is 1.57 bits per heavy atom. The Labute approximate surface area is 43.1 Å². The Kier molecular flexibility index (Phi) is 0.288. The van der Waals surface area contributed by atoms with Gasteiger partial charge in [0.25, 0.3) is 0 Å². The van der Waals surface area contributed by atoms with E-state index in [-0.39, 0.29) is 0 Å². The number of nitrogens with one attached hydrogen (secondary N) is 1. The fraction of sp³-hybridized carbons (Fsp3) is 1.00. The molecule has 0 bridgehead atoms. The number of rotatable bonds is 0. The van der Waals surface area contributed by atoms with Gasteiger partial charge in [0.05, 0.1) is 0 Å². The van der Waals surface area contributed by atoms with Gasteiger partial charge in [0, 0.05) is 12.1 Å². The first kappa shape index (κ1) is 3.08. The van der Waals surface area contributed by atoms with Gasteiger partial charge >= 0.3 is 0 Å². The second kappa shape index (κ2) is 0.655. The molecule has 0 aromatic rings. The van der Waals surface area contributed by atoms with Gasteiger partial charge in [0.15, 0.2) is 0 Å². The molecule has 38 valence electrons. The predicted octanol–water partition coefficient (Wildman–Crippen LogP) is 0.367. The van der Waals surface area contributed by atoms with E-state index in [9.17, 15) is 0 Å². The molecule has 1 heteroatoms. The van der Waals surface area contributed by atoms with E-state index in [2.05, 4.69) is 5.32 Å². The molecule has 2 aliphatic carbocycles. The number of fused-ring (bicyclic) bond motifs is 4. The first-order valence-electron chi connectivity index (χ1n) is 3.23. The zero-order chi connectivity index (χ0) is 4.43. The molecule has 1 aliphatic heterocycles. The molecule has 1 saturated heterocycles. The molecule has 4 atom stereocenters. The molecule has 2 saturated carbocycles. The molecular weight excluding hydrogens is 86.1 g/mol. The molecule has 7 heavy (non-hydrogen) atoms. The van der Waals surface area contributed by atoms with Gasteiger partial charge in [0.2, 0.25) is 0 Å². The van der Waals surface area contributed by atoms with E-state index in [0.29, 0.717) is 0 Å². The van der Waals surface area contributed by atoms with Crippen LogP contribution in [0.5, 0.6) is 0 Å². The minimum Gasteiger partial charge on any atom is -0.308 e. The SMILES string of the molecule is C1CC2C1C1N[C@@H]21. The maximum atomic E-state index is 3.47. The van der Waals surface area contributed by atoms with Crippen molar-refractivity contribution in [1.29, 1.82) is 0 Å². The minimum atomic E-state index is 1.01. The molecule has 1 N–H and O–H groups in total. The third-order valence-electron chi connectivity index (χ3n) is 2.97. The zero-order valence-corrected chi connectivity index (χ0v) is 4.22. The Hall–Kier alpha value is -0.0400. The Morgan fingerprint density at radius 1 is 1.00 bits per heavy atom. The van der Waals surface area contributed by atoms with Crippen molar-refractivity contribution in [2.75, 3.05) is 0 Å². The van der Waals surface area contributed by atoms with Crippen molar-refractivity contribution < 1.29 is 0 Å². The average molecular weight is 95.1 g/mol. The molecular formula is C6H9N. The third-order valence-corrected chi connectivity index (χ3v) is 2.97. The zero-order valence-electron chi connectivity index (χ0n) is 4.22. The molecule has 0 radical (unpaired) electrons. The van der Waals surface area contributed by atoms with Crippen molar-refractivity contribution in [1.82, 2.24) is 5.32 Å². The van der Waals surface area contributed by atoms with Crippen molar-refractivity contribution >= 4 is 0 Å². The predicted molar refractivity (Wildman–Crippen MR) is 26.9 cm³/mol. The van der Waals surface area contributed by atoms with Gasteiger partial charge in [0.1, 0.15) is 0 Å². The molecule has 0 amide bonds. The summed E-state index contributed by atoms with van der Waals surface area (Å²) in [7, 11) is 0. The lowest BCUT2D eigenvalue weighted by Gasteiger charge is -2.43. The van der Waals surface area contributed by atoms with Gasteiger partial charge in [-0.05, 0) is 24.7 Å². The summed E-state index contributed by atoms with van der Waals surface area (Å²) < 4.78 is 0. The van der Waals surface area contributed by atoms with E-state index >= 15 is 0 Å². The first-order chi connectivity index (χ1) is 3.47. The average Bonchev–Trinajstić information content (AvgIpc) is 2.14. The van der Waals surface area contributed by atoms with Crippen LogP contribution in [0.3, 0.4) is 0 Å². The normalized spacial score (nSPS) is 72.0. The summed E-state index contributed by atoms with van der Waals surface area (Å²) in [6.45, 7) is 0. The van der Waals surface area contributed by atoms with Crippen LogP contribution in [-0.2, 0) is 0 Å². The standard InChI is InChI=1S/C6H9N/c1-2-4-3(1)5-6(4)7-5/h3-7H,1-2H2/t3?,4?,5-,6?/m0/s1. The molecule has 3 unspecified atom stereocenters. The summed E-state index contributed by atoms with van der Waals surface area (Å²) >= 11 is 0. The fourth-order valence-corrected chi connectivity index (χ4v) is 2.24. The van der Waals surface area contributed by atoms with Crippen molar-refractivity contribution in [3.05, 3.63) is 0 Å². The van der Waals surface area contributed by atoms with Crippen LogP contribution in [0.15, 0.2) is 0 Å². The molecule has 3 fully saturated rings. The van der Waals surface area contributed by atoms with Crippen LogP contribution in [0.1, 0.15) is 12.8 Å². The largest absolute Gasteiger partial charge is 0.308 e. The Morgan fingerprint density at radius 3 is 1.86 bits per heavy atom. The topological polar surface area (TPSA) is 21.9 Å². The number of hydrogen-bond donors (Lipinski definition) is 1. The van der Waals surface area contributed by atoms with Gasteiger partial charge < -0.3 is 5.32 Å². The van der Waals surface area contributed by atoms with Crippen molar-refractivity contribution in [3.63, 3.8) is 0 Å². The van der Waals surface area contributed by atoms with Crippen molar-refractivity contribution in [2.45, 2.75) is 24.9 Å². The van der Waals surface area contributed by atoms with Crippen LogP contribution in [0.2, 0.25) is 0 Å². The van der Waals surface area contributed by atoms with E-state index in [4.69, 9.17) is 0 Å². The quantitative estimate of drug-likeness (QED) is 0.431. The number of hydrogen-bond acceptors (Lipinski definition) is 1. The lowest BCUT2D eigenvalue weighted by Crippen LogP contribution is -2.44. The maximum Gasteiger partial charge on any atom is 0.0258 e. The lowest BCUT2D eigenvalue weighted by atomic mass is 9.60. The van der Waals surface area contributed by atoms with Crippen LogP contribution in [0.4, 0.5) is 0 Å². The van der Waals surface area contributed by atoms with Crippen LogP contribution in [0, 0.1) is 11.8 Å². The molecule has 0 aromatic heterocycles. The Balaban J connectivity index is 1.98. The second-order valence-corrected chi connectivity index (χ2v) is 3.12. The highest BCUT2D eigenvalue weighted by molar-refractivity contribution is 5.22. The fourth-order valence-electron chi connectivity index (χ4n) is 2.24. The molecule has 3 aliphatic rings. The van der Waals surface area contributed by atoms with E-state index < -0.39 is 0 Å². The highest BCUT2D eigenvalue weighted by atomic mass is 15.2. The molecule has 1 heterocycles. The molecule has 0 aromatic carbocycles. The van der Waals surface area contributed by atoms with Gasteiger partial charge in [-0.15, -0.1) is 0 Å². The third kappa shape index (κ3) is 0.177. The highest BCUT2D eigenvalue weighted by Crippen LogP contribution is 2.57. The van der Waals surface area contributed by atoms with Crippen molar-refractivity contribution in [2.24, 2.45) is 11.8 Å². The summed E-state index contributed by atoms with van der Waals surface area (Å²) in [6, 6.07) is 2.03. The summed E-state index contributed by atoms with van der Waals surface area (Å²) in [5.74, 6) is 2.29. The van der Waals surface area contributed by atoms with Crippen LogP contribution in [-0.4, -0.2) is 12.1 Å². The summed E-state index contributed by atoms with van der Waals surface area (Å²) in [4.78, 5) is 0. The van der Waals surface area contributed by atoms with E-state index in [1.54, 1.807) is 0 Å². The van der Waals surface area contributed by atoms with E-state index in [1.165, 1.54) is 12.8 Å². The van der Waals surface area contributed by atoms with Gasteiger partial charge in [-0.2, -0.15) is 0 Å². The minimum absolute atomic E-state index is 1.01. The van der Waals surface area contributed by atoms with E-state index in [1.807, 2.05) is 0 Å². The highest BCUT2D eigenvalue weighted by Gasteiger charge is 2.64. The van der Waals surface area contributed by atoms with Gasteiger partial charge in [-0.25, -0.2) is 0 Å². The first-order valence-corrected chi connectivity index (χ1v) is 3.23. The smallest absolute Gasteiger partial charge is 0.0258 e. The molecule has 3 rings (SSSR count). The van der Waals surface area contributed by atoms with Crippen LogP contribution < -0.4 is 5.32 Å². The van der Waals surface area contributed by atoms with Gasteiger partial charge in [-0.1, -0.05) is 0 Å². The molecule has 1 nitrogen and oxygen atoms in total.